The third kappa shape index (κ3) is 6.08. The summed E-state index contributed by atoms with van der Waals surface area (Å²) in [4.78, 5) is 24.5. The molecule has 0 saturated carbocycles. The molecular weight excluding hydrogens is 498 g/mol. The van der Waals surface area contributed by atoms with Crippen LogP contribution in [-0.2, 0) is 14.8 Å². The SMILES string of the molecule is COc1ccc(NC(=O)CCNC(=O)c2ccc(Br)cc2)cc1S(=O)(=O)N1CCCCC1. The van der Waals surface area contributed by atoms with E-state index in [0.717, 1.165) is 23.7 Å². The number of ether oxygens (including phenoxy) is 1. The Bertz CT molecular complexity index is 1070. The molecule has 0 aliphatic carbocycles. The second-order valence-electron chi connectivity index (χ2n) is 7.39. The summed E-state index contributed by atoms with van der Waals surface area (Å²) in [6.07, 6.45) is 2.70. The highest BCUT2D eigenvalue weighted by Crippen LogP contribution is 2.31. The minimum absolute atomic E-state index is 0.0308. The highest BCUT2D eigenvalue weighted by Gasteiger charge is 2.29. The summed E-state index contributed by atoms with van der Waals surface area (Å²) in [6.45, 7) is 1.09. The first-order valence-corrected chi connectivity index (χ1v) is 12.6. The highest BCUT2D eigenvalue weighted by atomic mass is 79.9. The zero-order valence-corrected chi connectivity index (χ0v) is 20.2. The number of halogens is 1. The minimum Gasteiger partial charge on any atom is -0.495 e. The van der Waals surface area contributed by atoms with Crippen LogP contribution in [0.15, 0.2) is 51.8 Å². The van der Waals surface area contributed by atoms with Crippen molar-refractivity contribution in [2.45, 2.75) is 30.6 Å². The zero-order chi connectivity index (χ0) is 23.1. The van der Waals surface area contributed by atoms with E-state index in [-0.39, 0.29) is 35.4 Å². The number of carbonyl (C=O) groups excluding carboxylic acids is 2. The molecule has 2 N–H and O–H groups in total. The first-order chi connectivity index (χ1) is 15.3. The number of piperidine rings is 1. The lowest BCUT2D eigenvalue weighted by Gasteiger charge is -2.26. The van der Waals surface area contributed by atoms with E-state index in [1.54, 1.807) is 30.3 Å². The van der Waals surface area contributed by atoms with Gasteiger partial charge >= 0.3 is 0 Å². The van der Waals surface area contributed by atoms with Crippen molar-refractivity contribution in [1.29, 1.82) is 0 Å². The number of rotatable bonds is 8. The van der Waals surface area contributed by atoms with Crippen LogP contribution in [0.1, 0.15) is 36.0 Å². The van der Waals surface area contributed by atoms with Gasteiger partial charge < -0.3 is 15.4 Å². The van der Waals surface area contributed by atoms with Crippen molar-refractivity contribution in [1.82, 2.24) is 9.62 Å². The standard InChI is InChI=1S/C22H26BrN3O5S/c1-31-19-10-9-18(15-20(19)32(29,30)26-13-3-2-4-14-26)25-21(27)11-12-24-22(28)16-5-7-17(23)8-6-16/h5-10,15H,2-4,11-14H2,1H3,(H,24,28)(H,25,27). The molecule has 172 valence electrons. The first kappa shape index (κ1) is 24.2. The van der Waals surface area contributed by atoms with Gasteiger partial charge in [0.15, 0.2) is 0 Å². The number of benzene rings is 2. The van der Waals surface area contributed by atoms with Crippen molar-refractivity contribution in [2.24, 2.45) is 0 Å². The fourth-order valence-corrected chi connectivity index (χ4v) is 5.38. The first-order valence-electron chi connectivity index (χ1n) is 10.3. The number of nitrogens with one attached hydrogen (secondary N) is 2. The van der Waals surface area contributed by atoms with Crippen LogP contribution in [0.4, 0.5) is 5.69 Å². The second-order valence-corrected chi connectivity index (χ2v) is 10.2. The van der Waals surface area contributed by atoms with E-state index in [1.165, 1.54) is 23.5 Å². The van der Waals surface area contributed by atoms with Gasteiger partial charge in [0.05, 0.1) is 7.11 Å². The predicted molar refractivity (Wildman–Crippen MR) is 125 cm³/mol. The number of amides is 2. The molecule has 0 bridgehead atoms. The lowest BCUT2D eigenvalue weighted by molar-refractivity contribution is -0.116. The Kier molecular flexibility index (Phi) is 8.27. The maximum atomic E-state index is 13.1. The summed E-state index contributed by atoms with van der Waals surface area (Å²) in [6, 6.07) is 11.4. The second kappa shape index (κ2) is 10.9. The number of methoxy groups -OCH3 is 1. The van der Waals surface area contributed by atoms with Gasteiger partial charge in [-0.1, -0.05) is 22.4 Å². The third-order valence-corrected chi connectivity index (χ3v) is 7.57. The van der Waals surface area contributed by atoms with Crippen LogP contribution < -0.4 is 15.4 Å². The molecule has 0 spiro atoms. The quantitative estimate of drug-likeness (QED) is 0.551. The Hall–Kier alpha value is -2.43. The Morgan fingerprint density at radius 1 is 1.06 bits per heavy atom. The number of sulfonamides is 1. The fourth-order valence-electron chi connectivity index (χ4n) is 3.42. The van der Waals surface area contributed by atoms with E-state index in [9.17, 15) is 18.0 Å². The van der Waals surface area contributed by atoms with Crippen LogP contribution in [0.25, 0.3) is 0 Å². The van der Waals surface area contributed by atoms with E-state index in [4.69, 9.17) is 4.74 Å². The van der Waals surface area contributed by atoms with Crippen LogP contribution in [-0.4, -0.2) is 51.3 Å². The summed E-state index contributed by atoms with van der Waals surface area (Å²) >= 11 is 3.31. The molecule has 1 saturated heterocycles. The van der Waals surface area contributed by atoms with Gasteiger partial charge in [-0.15, -0.1) is 0 Å². The van der Waals surface area contributed by atoms with E-state index in [0.29, 0.717) is 24.3 Å². The molecule has 8 nitrogen and oxygen atoms in total. The van der Waals surface area contributed by atoms with Gasteiger partial charge in [-0.3, -0.25) is 9.59 Å². The predicted octanol–water partition coefficient (Wildman–Crippen LogP) is 3.39. The third-order valence-electron chi connectivity index (χ3n) is 5.12. The van der Waals surface area contributed by atoms with Crippen LogP contribution in [0.2, 0.25) is 0 Å². The van der Waals surface area contributed by atoms with Crippen molar-refractivity contribution >= 4 is 43.5 Å². The Morgan fingerprint density at radius 2 is 1.75 bits per heavy atom. The van der Waals surface area contributed by atoms with Crippen LogP contribution in [0, 0.1) is 0 Å². The lowest BCUT2D eigenvalue weighted by Crippen LogP contribution is -2.35. The largest absolute Gasteiger partial charge is 0.495 e. The molecule has 0 atom stereocenters. The van der Waals surface area contributed by atoms with E-state index >= 15 is 0 Å². The van der Waals surface area contributed by atoms with Crippen LogP contribution in [0.3, 0.4) is 0 Å². The molecule has 2 aromatic carbocycles. The molecule has 1 heterocycles. The van der Waals surface area contributed by atoms with Crippen molar-refractivity contribution in [3.63, 3.8) is 0 Å². The summed E-state index contributed by atoms with van der Waals surface area (Å²) in [5.74, 6) is -0.382. The number of anilines is 1. The molecule has 1 aliphatic heterocycles. The van der Waals surface area contributed by atoms with Gasteiger partial charge in [0, 0.05) is 41.8 Å². The number of carbonyl (C=O) groups is 2. The smallest absolute Gasteiger partial charge is 0.251 e. The molecule has 2 aromatic rings. The zero-order valence-electron chi connectivity index (χ0n) is 17.8. The maximum absolute atomic E-state index is 13.1. The van der Waals surface area contributed by atoms with Crippen molar-refractivity contribution in [3.8, 4) is 5.75 Å². The molecular formula is C22H26BrN3O5S. The van der Waals surface area contributed by atoms with Gasteiger partial charge in [-0.2, -0.15) is 4.31 Å². The van der Waals surface area contributed by atoms with Crippen molar-refractivity contribution < 1.29 is 22.7 Å². The van der Waals surface area contributed by atoms with E-state index in [1.807, 2.05) is 0 Å². The summed E-state index contributed by atoms with van der Waals surface area (Å²) < 4.78 is 33.8. The summed E-state index contributed by atoms with van der Waals surface area (Å²) in [7, 11) is -2.31. The average molecular weight is 524 g/mol. The van der Waals surface area contributed by atoms with Crippen LogP contribution >= 0.6 is 15.9 Å². The molecule has 32 heavy (non-hydrogen) atoms. The lowest BCUT2D eigenvalue weighted by atomic mass is 10.2. The molecule has 3 rings (SSSR count). The Balaban J connectivity index is 1.61. The van der Waals surface area contributed by atoms with E-state index < -0.39 is 10.0 Å². The van der Waals surface area contributed by atoms with Gasteiger partial charge in [0.25, 0.3) is 5.91 Å². The van der Waals surface area contributed by atoms with Crippen molar-refractivity contribution in [3.05, 3.63) is 52.5 Å². The average Bonchev–Trinajstić information content (AvgIpc) is 2.80. The topological polar surface area (TPSA) is 105 Å². The molecule has 1 aliphatic rings. The fraction of sp³-hybridized carbons (Fsp3) is 0.364. The molecule has 1 fully saturated rings. The van der Waals surface area contributed by atoms with Gasteiger partial charge in [-0.05, 0) is 55.3 Å². The van der Waals surface area contributed by atoms with Gasteiger partial charge in [0.2, 0.25) is 15.9 Å². The van der Waals surface area contributed by atoms with Gasteiger partial charge in [0.1, 0.15) is 10.6 Å². The molecule has 0 aromatic heterocycles. The molecule has 10 heteroatoms. The molecule has 2 amide bonds. The summed E-state index contributed by atoms with van der Waals surface area (Å²) in [5.41, 5.74) is 0.849. The molecule has 0 radical (unpaired) electrons. The highest BCUT2D eigenvalue weighted by molar-refractivity contribution is 9.10. The van der Waals surface area contributed by atoms with Gasteiger partial charge in [-0.25, -0.2) is 8.42 Å². The maximum Gasteiger partial charge on any atom is 0.251 e. The van der Waals surface area contributed by atoms with E-state index in [2.05, 4.69) is 26.6 Å². The van der Waals surface area contributed by atoms with Crippen LogP contribution in [0.5, 0.6) is 5.75 Å². The number of nitrogens with zero attached hydrogens (tertiary/aromatic N) is 1. The molecule has 0 unspecified atom stereocenters. The van der Waals surface area contributed by atoms with Crippen molar-refractivity contribution in [2.75, 3.05) is 32.1 Å². The Labute approximate surface area is 196 Å². The number of hydrogen-bond acceptors (Lipinski definition) is 5. The summed E-state index contributed by atoms with van der Waals surface area (Å²) in [5, 5.41) is 5.39. The monoisotopic (exact) mass is 523 g/mol. The minimum atomic E-state index is -3.73. The number of hydrogen-bond donors (Lipinski definition) is 2. The Morgan fingerprint density at radius 3 is 2.41 bits per heavy atom. The normalized spacial score (nSPS) is 14.6.